The highest BCUT2D eigenvalue weighted by Gasteiger charge is 2.93. The van der Waals surface area contributed by atoms with Crippen molar-refractivity contribution in [1.29, 1.82) is 0 Å². The van der Waals surface area contributed by atoms with Crippen LogP contribution in [0.2, 0.25) is 5.02 Å². The number of carbonyl (C=O) groups excluding carboxylic acids is 4. The number of esters is 1. The molecule has 2 heterocycles. The van der Waals surface area contributed by atoms with Crippen LogP contribution in [-0.4, -0.2) is 36.6 Å². The standard InChI is InChI=1S/C24H21ClN2O6/c1-22(2,3)33-21(31)27-15-11-6-5-8-12(15)23(20(27)30)17(18(28)32-4)24(23)16-13(25)9-7-10-14(16)26-19(24)29/h5-11,17H,1-4H3,(H,26,29)/t17-,23+,24+/m0/s1. The highest BCUT2D eigenvalue weighted by Crippen LogP contribution is 2.78. The number of nitrogens with one attached hydrogen (secondary N) is 1. The van der Waals surface area contributed by atoms with E-state index in [0.717, 1.165) is 4.90 Å². The van der Waals surface area contributed by atoms with Gasteiger partial charge in [0.1, 0.15) is 16.4 Å². The van der Waals surface area contributed by atoms with Crippen LogP contribution in [-0.2, 0) is 34.7 Å². The minimum atomic E-state index is -1.70. The quantitative estimate of drug-likeness (QED) is 0.642. The van der Waals surface area contributed by atoms with Crippen molar-refractivity contribution in [1.82, 2.24) is 0 Å². The molecule has 0 radical (unpaired) electrons. The van der Waals surface area contributed by atoms with Gasteiger partial charge in [0.25, 0.3) is 0 Å². The first-order chi connectivity index (χ1) is 15.5. The van der Waals surface area contributed by atoms with Gasteiger partial charge in [-0.25, -0.2) is 9.69 Å². The lowest BCUT2D eigenvalue weighted by Gasteiger charge is -2.24. The lowest BCUT2D eigenvalue weighted by molar-refractivity contribution is -0.144. The molecule has 2 aliphatic heterocycles. The Bertz CT molecular complexity index is 1270. The van der Waals surface area contributed by atoms with Crippen molar-refractivity contribution in [2.24, 2.45) is 5.92 Å². The van der Waals surface area contributed by atoms with E-state index in [1.165, 1.54) is 7.11 Å². The number of carbonyl (C=O) groups is 4. The van der Waals surface area contributed by atoms with Crippen LogP contribution < -0.4 is 10.2 Å². The van der Waals surface area contributed by atoms with Gasteiger partial charge in [-0.3, -0.25) is 14.4 Å². The average Bonchev–Trinajstić information content (AvgIpc) is 3.14. The molecular formula is C24H21ClN2O6. The molecule has 8 nitrogen and oxygen atoms in total. The van der Waals surface area contributed by atoms with E-state index in [1.54, 1.807) is 63.2 Å². The molecule has 0 unspecified atom stereocenters. The van der Waals surface area contributed by atoms with E-state index in [0.29, 0.717) is 16.8 Å². The van der Waals surface area contributed by atoms with E-state index in [2.05, 4.69) is 5.32 Å². The Morgan fingerprint density at radius 1 is 1.06 bits per heavy atom. The second-order valence-corrected chi connectivity index (χ2v) is 9.73. The maximum Gasteiger partial charge on any atom is 0.421 e. The highest BCUT2D eigenvalue weighted by molar-refractivity contribution is 6.36. The van der Waals surface area contributed by atoms with Gasteiger partial charge in [0.05, 0.1) is 18.7 Å². The molecule has 2 spiro atoms. The van der Waals surface area contributed by atoms with Crippen LogP contribution in [0.5, 0.6) is 0 Å². The third kappa shape index (κ3) is 2.41. The van der Waals surface area contributed by atoms with Crippen molar-refractivity contribution < 1.29 is 28.7 Å². The van der Waals surface area contributed by atoms with E-state index in [1.807, 2.05) is 0 Å². The van der Waals surface area contributed by atoms with Crippen LogP contribution in [0.4, 0.5) is 16.2 Å². The minimum Gasteiger partial charge on any atom is -0.469 e. The Hall–Kier alpha value is -3.39. The topological polar surface area (TPSA) is 102 Å². The average molecular weight is 469 g/mol. The summed E-state index contributed by atoms with van der Waals surface area (Å²) in [6.07, 6.45) is -0.889. The first kappa shape index (κ1) is 21.5. The summed E-state index contributed by atoms with van der Waals surface area (Å²) in [5, 5.41) is 3.00. The smallest absolute Gasteiger partial charge is 0.421 e. The molecule has 0 aromatic heterocycles. The SMILES string of the molecule is COC(=O)[C@H]1[C@]2(C(=O)N(C(=O)OC(C)(C)C)c3ccccc32)[C@@]12C(=O)Nc1cccc(Cl)c12. The molecular weight excluding hydrogens is 448 g/mol. The number of anilines is 2. The van der Waals surface area contributed by atoms with Gasteiger partial charge in [-0.05, 0) is 44.5 Å². The third-order valence-corrected chi connectivity index (χ3v) is 6.86. The molecule has 0 saturated heterocycles. The van der Waals surface area contributed by atoms with E-state index < -0.39 is 46.2 Å². The van der Waals surface area contributed by atoms with Crippen molar-refractivity contribution in [3.63, 3.8) is 0 Å². The molecule has 2 aromatic rings. The number of rotatable bonds is 1. The summed E-state index contributed by atoms with van der Waals surface area (Å²) in [6, 6.07) is 11.5. The number of hydrogen-bond donors (Lipinski definition) is 1. The minimum absolute atomic E-state index is 0.234. The zero-order valence-electron chi connectivity index (χ0n) is 18.4. The zero-order chi connectivity index (χ0) is 23.9. The third-order valence-electron chi connectivity index (χ3n) is 6.54. The predicted octanol–water partition coefficient (Wildman–Crippen LogP) is 3.55. The van der Waals surface area contributed by atoms with Crippen molar-refractivity contribution in [2.75, 3.05) is 17.3 Å². The maximum atomic E-state index is 14.1. The molecule has 170 valence electrons. The van der Waals surface area contributed by atoms with Crippen LogP contribution >= 0.6 is 11.6 Å². The number of hydrogen-bond acceptors (Lipinski definition) is 6. The van der Waals surface area contributed by atoms with Crippen LogP contribution in [0.1, 0.15) is 31.9 Å². The Kier molecular flexibility index (Phi) is 4.27. The molecule has 1 fully saturated rings. The summed E-state index contributed by atoms with van der Waals surface area (Å²) in [7, 11) is 1.19. The highest BCUT2D eigenvalue weighted by atomic mass is 35.5. The summed E-state index contributed by atoms with van der Waals surface area (Å²) >= 11 is 6.53. The molecule has 3 aliphatic rings. The first-order valence-electron chi connectivity index (χ1n) is 10.4. The fraction of sp³-hybridized carbons (Fsp3) is 0.333. The number of imide groups is 1. The van der Waals surface area contributed by atoms with Crippen molar-refractivity contribution in [3.8, 4) is 0 Å². The van der Waals surface area contributed by atoms with Crippen LogP contribution in [0.25, 0.3) is 0 Å². The lowest BCUT2D eigenvalue weighted by Crippen LogP contribution is -2.44. The fourth-order valence-electron chi connectivity index (χ4n) is 5.51. The van der Waals surface area contributed by atoms with Gasteiger partial charge in [0.15, 0.2) is 0 Å². The predicted molar refractivity (Wildman–Crippen MR) is 119 cm³/mol. The lowest BCUT2D eigenvalue weighted by atomic mass is 9.83. The second kappa shape index (κ2) is 6.57. The monoisotopic (exact) mass is 468 g/mol. The molecule has 5 rings (SSSR count). The number of ether oxygens (including phenoxy) is 2. The van der Waals surface area contributed by atoms with Gasteiger partial charge < -0.3 is 14.8 Å². The molecule has 2 aromatic carbocycles. The molecule has 1 aliphatic carbocycles. The molecule has 9 heteroatoms. The van der Waals surface area contributed by atoms with Gasteiger partial charge in [-0.15, -0.1) is 0 Å². The van der Waals surface area contributed by atoms with Gasteiger partial charge in [-0.1, -0.05) is 35.9 Å². The van der Waals surface area contributed by atoms with Gasteiger partial charge >= 0.3 is 12.1 Å². The molecule has 3 amide bonds. The van der Waals surface area contributed by atoms with Crippen LogP contribution in [0.15, 0.2) is 42.5 Å². The fourth-order valence-corrected chi connectivity index (χ4v) is 5.84. The van der Waals surface area contributed by atoms with Crippen LogP contribution in [0, 0.1) is 5.92 Å². The Morgan fingerprint density at radius 2 is 1.76 bits per heavy atom. The number of para-hydroxylation sites is 1. The van der Waals surface area contributed by atoms with Crippen molar-refractivity contribution >= 4 is 46.9 Å². The van der Waals surface area contributed by atoms with E-state index >= 15 is 0 Å². The first-order valence-corrected chi connectivity index (χ1v) is 10.8. The molecule has 1 N–H and O–H groups in total. The van der Waals surface area contributed by atoms with Crippen molar-refractivity contribution in [3.05, 3.63) is 58.6 Å². The van der Waals surface area contributed by atoms with E-state index in [9.17, 15) is 19.2 Å². The van der Waals surface area contributed by atoms with E-state index in [4.69, 9.17) is 21.1 Å². The second-order valence-electron chi connectivity index (χ2n) is 9.33. The Labute approximate surface area is 194 Å². The Balaban J connectivity index is 1.79. The molecule has 3 atom stereocenters. The summed E-state index contributed by atoms with van der Waals surface area (Å²) < 4.78 is 10.5. The van der Waals surface area contributed by atoms with Gasteiger partial charge in [0, 0.05) is 16.3 Å². The number of benzene rings is 2. The molecule has 33 heavy (non-hydrogen) atoms. The van der Waals surface area contributed by atoms with Crippen molar-refractivity contribution in [2.45, 2.75) is 37.2 Å². The summed E-state index contributed by atoms with van der Waals surface area (Å²) in [5.74, 6) is -3.23. The normalized spacial score (nSPS) is 26.8. The van der Waals surface area contributed by atoms with E-state index in [-0.39, 0.29) is 10.7 Å². The van der Waals surface area contributed by atoms with Crippen LogP contribution in [0.3, 0.4) is 0 Å². The van der Waals surface area contributed by atoms with Gasteiger partial charge in [0.2, 0.25) is 11.8 Å². The number of halogens is 1. The summed E-state index contributed by atoms with van der Waals surface area (Å²) in [6.45, 7) is 5.05. The molecule has 1 saturated carbocycles. The largest absolute Gasteiger partial charge is 0.469 e. The molecule has 0 bridgehead atoms. The number of fused-ring (bicyclic) bond motifs is 5. The summed E-state index contributed by atoms with van der Waals surface area (Å²) in [4.78, 5) is 54.8. The summed E-state index contributed by atoms with van der Waals surface area (Å²) in [5.41, 5.74) is -2.83. The van der Waals surface area contributed by atoms with Gasteiger partial charge in [-0.2, -0.15) is 0 Å². The number of methoxy groups -OCH3 is 1. The number of amides is 3. The zero-order valence-corrected chi connectivity index (χ0v) is 19.1. The maximum absolute atomic E-state index is 14.1. The Morgan fingerprint density at radius 3 is 2.42 bits per heavy atom. The number of nitrogens with zero attached hydrogens (tertiary/aromatic N) is 1.